The van der Waals surface area contributed by atoms with Gasteiger partial charge in [-0.25, -0.2) is 4.98 Å². The van der Waals surface area contributed by atoms with Gasteiger partial charge in [0.15, 0.2) is 0 Å². The van der Waals surface area contributed by atoms with E-state index in [0.717, 1.165) is 36.1 Å². The molecule has 0 saturated carbocycles. The maximum absolute atomic E-state index is 13.2. The molecule has 3 aromatic heterocycles. The van der Waals surface area contributed by atoms with Crippen LogP contribution in [0.4, 0.5) is 0 Å². The monoisotopic (exact) mass is 405 g/mol. The largest absolute Gasteiger partial charge is 0.361 e. The topological polar surface area (TPSA) is 105 Å². The zero-order valence-electron chi connectivity index (χ0n) is 17.1. The summed E-state index contributed by atoms with van der Waals surface area (Å²) in [6.07, 6.45) is 6.66. The predicted octanol–water partition coefficient (Wildman–Crippen LogP) is 2.56. The highest BCUT2D eigenvalue weighted by molar-refractivity contribution is 5.96. The Balaban J connectivity index is 1.53. The lowest BCUT2D eigenvalue weighted by atomic mass is 9.77. The van der Waals surface area contributed by atoms with Crippen LogP contribution in [0.5, 0.6) is 0 Å². The second-order valence-corrected chi connectivity index (χ2v) is 8.29. The summed E-state index contributed by atoms with van der Waals surface area (Å²) in [5.74, 6) is 1.01. The highest BCUT2D eigenvalue weighted by Crippen LogP contribution is 2.43. The van der Waals surface area contributed by atoms with Crippen LogP contribution >= 0.6 is 0 Å². The van der Waals surface area contributed by atoms with Gasteiger partial charge in [0.2, 0.25) is 0 Å². The summed E-state index contributed by atoms with van der Waals surface area (Å²) in [5.41, 5.74) is 3.12. The Hall–Kier alpha value is -3.29. The molecule has 0 aromatic carbocycles. The first-order valence-electron chi connectivity index (χ1n) is 10.2. The van der Waals surface area contributed by atoms with Crippen LogP contribution in [-0.4, -0.2) is 44.0 Å². The van der Waals surface area contributed by atoms with Crippen molar-refractivity contribution in [1.82, 2.24) is 25.0 Å². The van der Waals surface area contributed by atoms with Gasteiger partial charge in [0.25, 0.3) is 11.5 Å². The number of amides is 1. The number of hydrogen-bond donors (Lipinski definition) is 1. The van der Waals surface area contributed by atoms with Crippen LogP contribution in [0.3, 0.4) is 0 Å². The molecule has 1 fully saturated rings. The molecule has 4 heterocycles. The first-order chi connectivity index (χ1) is 14.5. The smallest absolute Gasteiger partial charge is 0.259 e. The van der Waals surface area contributed by atoms with Gasteiger partial charge in [0.05, 0.1) is 11.4 Å². The molecular weight excluding hydrogens is 382 g/mol. The summed E-state index contributed by atoms with van der Waals surface area (Å²) in [5, 5.41) is 3.93. The van der Waals surface area contributed by atoms with Crippen LogP contribution in [0.25, 0.3) is 11.4 Å². The molecule has 8 heteroatoms. The Morgan fingerprint density at radius 2 is 2.17 bits per heavy atom. The average Bonchev–Trinajstić information content (AvgIpc) is 3.28. The molecule has 1 aliphatic carbocycles. The molecular formula is C22H23N5O3. The lowest BCUT2D eigenvalue weighted by Gasteiger charge is -2.40. The van der Waals surface area contributed by atoms with Crippen LogP contribution in [0.1, 0.15) is 52.3 Å². The van der Waals surface area contributed by atoms with E-state index in [0.29, 0.717) is 42.4 Å². The first kappa shape index (κ1) is 18.7. The number of carbonyl (C=O) groups excluding carboxylic acids is 1. The maximum Gasteiger partial charge on any atom is 0.259 e. The van der Waals surface area contributed by atoms with E-state index >= 15 is 0 Å². The van der Waals surface area contributed by atoms with E-state index in [1.807, 2.05) is 17.0 Å². The van der Waals surface area contributed by atoms with Crippen LogP contribution in [0.2, 0.25) is 0 Å². The number of pyridine rings is 1. The number of piperidine rings is 1. The van der Waals surface area contributed by atoms with Gasteiger partial charge >= 0.3 is 0 Å². The fraction of sp³-hybridized carbons (Fsp3) is 0.409. The van der Waals surface area contributed by atoms with Crippen LogP contribution in [0, 0.1) is 13.8 Å². The quantitative estimate of drug-likeness (QED) is 0.703. The van der Waals surface area contributed by atoms with Crippen molar-refractivity contribution in [3.05, 3.63) is 63.2 Å². The predicted molar refractivity (Wildman–Crippen MR) is 109 cm³/mol. The Bertz CT molecular complexity index is 1160. The van der Waals surface area contributed by atoms with Crippen molar-refractivity contribution in [3.63, 3.8) is 0 Å². The van der Waals surface area contributed by atoms with E-state index in [1.165, 1.54) is 0 Å². The van der Waals surface area contributed by atoms with E-state index in [1.54, 1.807) is 26.2 Å². The van der Waals surface area contributed by atoms with Gasteiger partial charge < -0.3 is 14.4 Å². The minimum atomic E-state index is -0.298. The van der Waals surface area contributed by atoms with Gasteiger partial charge in [-0.15, -0.1) is 0 Å². The second kappa shape index (κ2) is 6.90. The number of aromatic amines is 1. The third-order valence-electron chi connectivity index (χ3n) is 6.42. The fourth-order valence-electron chi connectivity index (χ4n) is 4.94. The zero-order valence-corrected chi connectivity index (χ0v) is 17.1. The Kier molecular flexibility index (Phi) is 4.30. The van der Waals surface area contributed by atoms with E-state index in [4.69, 9.17) is 9.51 Å². The lowest BCUT2D eigenvalue weighted by molar-refractivity contribution is 0.0631. The van der Waals surface area contributed by atoms with Crippen molar-refractivity contribution in [2.24, 2.45) is 0 Å². The van der Waals surface area contributed by atoms with E-state index in [-0.39, 0.29) is 16.9 Å². The Morgan fingerprint density at radius 1 is 1.30 bits per heavy atom. The van der Waals surface area contributed by atoms with Gasteiger partial charge in [-0.3, -0.25) is 14.6 Å². The molecule has 0 bridgehead atoms. The van der Waals surface area contributed by atoms with Gasteiger partial charge in [0.1, 0.15) is 17.1 Å². The minimum Gasteiger partial charge on any atom is -0.361 e. The van der Waals surface area contributed by atoms with Crippen LogP contribution < -0.4 is 5.56 Å². The molecule has 8 nitrogen and oxygen atoms in total. The molecule has 0 radical (unpaired) electrons. The molecule has 1 atom stereocenters. The highest BCUT2D eigenvalue weighted by atomic mass is 16.5. The number of carbonyl (C=O) groups is 1. The van der Waals surface area contributed by atoms with E-state index in [9.17, 15) is 9.59 Å². The summed E-state index contributed by atoms with van der Waals surface area (Å²) in [6.45, 7) is 4.78. The summed E-state index contributed by atoms with van der Waals surface area (Å²) in [4.78, 5) is 39.9. The number of hydrogen-bond acceptors (Lipinski definition) is 6. The number of fused-ring (bicyclic) bond motifs is 2. The maximum atomic E-state index is 13.2. The Morgan fingerprint density at radius 3 is 2.90 bits per heavy atom. The van der Waals surface area contributed by atoms with Gasteiger partial charge in [-0.05, 0) is 51.7 Å². The van der Waals surface area contributed by atoms with Crippen molar-refractivity contribution in [2.75, 3.05) is 13.1 Å². The van der Waals surface area contributed by atoms with Gasteiger partial charge in [0, 0.05) is 42.0 Å². The molecule has 2 aliphatic rings. The molecule has 5 rings (SSSR count). The number of H-pyrrole nitrogens is 1. The minimum absolute atomic E-state index is 0.0592. The van der Waals surface area contributed by atoms with E-state index in [2.05, 4.69) is 15.1 Å². The number of nitrogens with one attached hydrogen (secondary N) is 1. The van der Waals surface area contributed by atoms with Crippen LogP contribution in [0.15, 0.2) is 33.8 Å². The standard InChI is InChI=1S/C22H23N5O3/c1-13-17(14(2)30-26-13)21(29)27-10-4-7-22(12-27)8-6-16-18(22)24-19(25-20(16)28)15-5-3-9-23-11-15/h3,5,9,11H,4,6-8,10,12H2,1-2H3,(H,24,25,28). The molecule has 1 saturated heterocycles. The van der Waals surface area contributed by atoms with Crippen molar-refractivity contribution in [2.45, 2.75) is 44.9 Å². The number of aromatic nitrogens is 4. The number of likely N-dealkylation sites (tertiary alicyclic amines) is 1. The molecule has 154 valence electrons. The number of aryl methyl sites for hydroxylation is 2. The van der Waals surface area contributed by atoms with Gasteiger partial charge in [-0.1, -0.05) is 5.16 Å². The first-order valence-corrected chi connectivity index (χ1v) is 10.2. The zero-order chi connectivity index (χ0) is 20.9. The SMILES string of the molecule is Cc1noc(C)c1C(=O)N1CCCC2(CCc3c2nc(-c2cccnc2)[nH]c3=O)C1. The third-order valence-corrected chi connectivity index (χ3v) is 6.42. The summed E-state index contributed by atoms with van der Waals surface area (Å²) in [6, 6.07) is 3.70. The fourth-order valence-corrected chi connectivity index (χ4v) is 4.94. The van der Waals surface area contributed by atoms with Crippen molar-refractivity contribution in [1.29, 1.82) is 0 Å². The summed E-state index contributed by atoms with van der Waals surface area (Å²) >= 11 is 0. The van der Waals surface area contributed by atoms with Gasteiger partial charge in [-0.2, -0.15) is 0 Å². The normalized spacial score (nSPS) is 20.5. The summed E-state index contributed by atoms with van der Waals surface area (Å²) < 4.78 is 5.20. The van der Waals surface area contributed by atoms with Crippen molar-refractivity contribution < 1.29 is 9.32 Å². The second-order valence-electron chi connectivity index (χ2n) is 8.29. The summed E-state index contributed by atoms with van der Waals surface area (Å²) in [7, 11) is 0. The van der Waals surface area contributed by atoms with Crippen molar-refractivity contribution in [3.8, 4) is 11.4 Å². The molecule has 30 heavy (non-hydrogen) atoms. The molecule has 1 unspecified atom stereocenters. The molecule has 3 aromatic rings. The lowest BCUT2D eigenvalue weighted by Crippen LogP contribution is -2.48. The molecule has 1 N–H and O–H groups in total. The Labute approximate surface area is 173 Å². The number of nitrogens with zero attached hydrogens (tertiary/aromatic N) is 4. The number of rotatable bonds is 2. The third kappa shape index (κ3) is 2.86. The van der Waals surface area contributed by atoms with Crippen molar-refractivity contribution >= 4 is 5.91 Å². The molecule has 1 amide bonds. The van der Waals surface area contributed by atoms with Crippen LogP contribution in [-0.2, 0) is 11.8 Å². The highest BCUT2D eigenvalue weighted by Gasteiger charge is 2.46. The van der Waals surface area contributed by atoms with E-state index < -0.39 is 0 Å². The molecule has 1 aliphatic heterocycles. The average molecular weight is 405 g/mol. The molecule has 1 spiro atoms.